The fourth-order valence-corrected chi connectivity index (χ4v) is 3.06. The molecule has 0 aromatic carbocycles. The number of rotatable bonds is 6. The molecular formula is C14H25N3O4. The van der Waals surface area contributed by atoms with E-state index in [1.807, 2.05) is 0 Å². The average Bonchev–Trinajstić information content (AvgIpc) is 3.12. The van der Waals surface area contributed by atoms with Crippen LogP contribution in [0.25, 0.3) is 0 Å². The molecule has 2 aliphatic rings. The molecule has 0 spiro atoms. The van der Waals surface area contributed by atoms with E-state index in [4.69, 9.17) is 9.84 Å². The smallest absolute Gasteiger partial charge is 0.326 e. The summed E-state index contributed by atoms with van der Waals surface area (Å²) in [6, 6.07) is -0.732. The summed E-state index contributed by atoms with van der Waals surface area (Å²) < 4.78 is 4.88. The number of carbonyl (C=O) groups excluding carboxylic acids is 1. The number of likely N-dealkylation sites (tertiary alicyclic amines) is 2. The summed E-state index contributed by atoms with van der Waals surface area (Å²) in [4.78, 5) is 27.5. The Morgan fingerprint density at radius 2 is 2.05 bits per heavy atom. The minimum atomic E-state index is -1.02. The van der Waals surface area contributed by atoms with Gasteiger partial charge in [0.1, 0.15) is 6.04 Å². The van der Waals surface area contributed by atoms with Crippen LogP contribution in [-0.2, 0) is 9.53 Å². The van der Waals surface area contributed by atoms with Crippen molar-refractivity contribution in [1.82, 2.24) is 15.1 Å². The van der Waals surface area contributed by atoms with Gasteiger partial charge in [-0.3, -0.25) is 4.90 Å². The number of hydrogen-bond acceptors (Lipinski definition) is 4. The molecule has 0 bridgehead atoms. The van der Waals surface area contributed by atoms with Gasteiger partial charge in [0, 0.05) is 39.3 Å². The Bertz CT molecular complexity index is 371. The van der Waals surface area contributed by atoms with E-state index >= 15 is 0 Å². The van der Waals surface area contributed by atoms with E-state index in [-0.39, 0.29) is 12.5 Å². The molecule has 2 atom stereocenters. The number of nitrogens with zero attached hydrogens (tertiary/aromatic N) is 2. The summed E-state index contributed by atoms with van der Waals surface area (Å²) in [5.74, 6) is -1.02. The third kappa shape index (κ3) is 4.31. The maximum atomic E-state index is 12.2. The maximum Gasteiger partial charge on any atom is 0.326 e. The van der Waals surface area contributed by atoms with Crippen molar-refractivity contribution in [3.05, 3.63) is 0 Å². The lowest BCUT2D eigenvalue weighted by atomic mass is 10.2. The van der Waals surface area contributed by atoms with Crippen molar-refractivity contribution in [3.8, 4) is 0 Å². The normalized spacial score (nSPS) is 24.2. The number of ether oxygens (including phenoxy) is 1. The summed E-state index contributed by atoms with van der Waals surface area (Å²) in [5.41, 5.74) is 0. The highest BCUT2D eigenvalue weighted by atomic mass is 16.5. The van der Waals surface area contributed by atoms with Gasteiger partial charge in [-0.25, -0.2) is 9.59 Å². The Kier molecular flexibility index (Phi) is 5.81. The van der Waals surface area contributed by atoms with Crippen molar-refractivity contribution in [3.63, 3.8) is 0 Å². The number of aliphatic carboxylic acids is 1. The molecule has 120 valence electrons. The Morgan fingerprint density at radius 3 is 2.67 bits per heavy atom. The summed E-state index contributed by atoms with van der Waals surface area (Å²) >= 11 is 0. The van der Waals surface area contributed by atoms with Crippen LogP contribution in [0.5, 0.6) is 0 Å². The molecule has 0 aliphatic carbocycles. The monoisotopic (exact) mass is 299 g/mol. The summed E-state index contributed by atoms with van der Waals surface area (Å²) in [6.07, 6.45) is 3.73. The van der Waals surface area contributed by atoms with Crippen LogP contribution in [-0.4, -0.2) is 78.9 Å². The lowest BCUT2D eigenvalue weighted by Crippen LogP contribution is -2.48. The molecule has 2 amide bonds. The van der Waals surface area contributed by atoms with Crippen LogP contribution in [0, 0.1) is 0 Å². The molecule has 2 rings (SSSR count). The van der Waals surface area contributed by atoms with Crippen molar-refractivity contribution in [1.29, 1.82) is 0 Å². The zero-order chi connectivity index (χ0) is 15.2. The van der Waals surface area contributed by atoms with Crippen LogP contribution in [0.15, 0.2) is 0 Å². The van der Waals surface area contributed by atoms with Gasteiger partial charge in [-0.15, -0.1) is 0 Å². The zero-order valence-corrected chi connectivity index (χ0v) is 12.6. The topological polar surface area (TPSA) is 82.1 Å². The minimum Gasteiger partial charge on any atom is -0.480 e. The molecule has 2 fully saturated rings. The molecule has 2 aliphatic heterocycles. The van der Waals surface area contributed by atoms with Crippen molar-refractivity contribution in [2.45, 2.75) is 37.8 Å². The van der Waals surface area contributed by atoms with Crippen LogP contribution < -0.4 is 5.32 Å². The number of urea groups is 1. The Morgan fingerprint density at radius 1 is 1.33 bits per heavy atom. The Balaban J connectivity index is 1.81. The van der Waals surface area contributed by atoms with Gasteiger partial charge in [-0.05, 0) is 32.4 Å². The van der Waals surface area contributed by atoms with E-state index in [9.17, 15) is 9.59 Å². The highest BCUT2D eigenvalue weighted by Crippen LogP contribution is 2.20. The van der Waals surface area contributed by atoms with E-state index in [1.165, 1.54) is 20.0 Å². The van der Waals surface area contributed by atoms with Crippen LogP contribution >= 0.6 is 0 Å². The third-order valence-electron chi connectivity index (χ3n) is 4.31. The second kappa shape index (κ2) is 7.61. The SMILES string of the molecule is COCCC(NC(=O)N1CCC(N2CCCC2)C1)C(=O)O. The first-order chi connectivity index (χ1) is 10.1. The summed E-state index contributed by atoms with van der Waals surface area (Å²) in [7, 11) is 1.52. The number of methoxy groups -OCH3 is 1. The standard InChI is InChI=1S/C14H25N3O4/c1-21-9-5-12(13(18)19)15-14(20)17-8-4-11(10-17)16-6-2-3-7-16/h11-12H,2-10H2,1H3,(H,15,20)(H,18,19). The Hall–Kier alpha value is -1.34. The number of nitrogens with one attached hydrogen (secondary N) is 1. The molecule has 0 aromatic heterocycles. The maximum absolute atomic E-state index is 12.2. The molecule has 0 saturated carbocycles. The summed E-state index contributed by atoms with van der Waals surface area (Å²) in [5, 5.41) is 11.7. The first-order valence-electron chi connectivity index (χ1n) is 7.63. The van der Waals surface area contributed by atoms with Gasteiger partial charge in [-0.1, -0.05) is 0 Å². The van der Waals surface area contributed by atoms with Gasteiger partial charge in [0.2, 0.25) is 0 Å². The summed E-state index contributed by atoms with van der Waals surface area (Å²) in [6.45, 7) is 3.94. The molecule has 7 heteroatoms. The number of carboxylic acid groups (broad SMARTS) is 1. The quantitative estimate of drug-likeness (QED) is 0.740. The fourth-order valence-electron chi connectivity index (χ4n) is 3.06. The van der Waals surface area contributed by atoms with Crippen LogP contribution in [0.4, 0.5) is 4.79 Å². The fraction of sp³-hybridized carbons (Fsp3) is 0.857. The first kappa shape index (κ1) is 16.0. The number of carboxylic acids is 1. The van der Waals surface area contributed by atoms with Crippen molar-refractivity contribution >= 4 is 12.0 Å². The lowest BCUT2D eigenvalue weighted by molar-refractivity contribution is -0.139. The average molecular weight is 299 g/mol. The zero-order valence-electron chi connectivity index (χ0n) is 12.6. The van der Waals surface area contributed by atoms with Crippen molar-refractivity contribution in [2.24, 2.45) is 0 Å². The van der Waals surface area contributed by atoms with Gasteiger partial charge in [0.25, 0.3) is 0 Å². The minimum absolute atomic E-state index is 0.278. The lowest BCUT2D eigenvalue weighted by Gasteiger charge is -2.24. The predicted octanol–water partition coefficient (Wildman–Crippen LogP) is 0.356. The van der Waals surface area contributed by atoms with Crippen LogP contribution in [0.3, 0.4) is 0 Å². The number of amides is 2. The van der Waals surface area contributed by atoms with Gasteiger partial charge in [0.15, 0.2) is 0 Å². The van der Waals surface area contributed by atoms with Gasteiger partial charge < -0.3 is 20.1 Å². The first-order valence-corrected chi connectivity index (χ1v) is 7.63. The highest BCUT2D eigenvalue weighted by molar-refractivity contribution is 5.82. The molecule has 0 radical (unpaired) electrons. The van der Waals surface area contributed by atoms with E-state index < -0.39 is 12.0 Å². The van der Waals surface area contributed by atoms with Crippen molar-refractivity contribution in [2.75, 3.05) is 39.9 Å². The molecular weight excluding hydrogens is 274 g/mol. The van der Waals surface area contributed by atoms with Gasteiger partial charge in [0.05, 0.1) is 0 Å². The molecule has 2 N–H and O–H groups in total. The van der Waals surface area contributed by atoms with E-state index in [1.54, 1.807) is 4.90 Å². The van der Waals surface area contributed by atoms with Crippen molar-refractivity contribution < 1.29 is 19.4 Å². The second-order valence-electron chi connectivity index (χ2n) is 5.75. The molecule has 21 heavy (non-hydrogen) atoms. The molecule has 7 nitrogen and oxygen atoms in total. The van der Waals surface area contributed by atoms with E-state index in [0.717, 1.165) is 19.5 Å². The number of hydrogen-bond donors (Lipinski definition) is 2. The van der Waals surface area contributed by atoms with Crippen LogP contribution in [0.1, 0.15) is 25.7 Å². The largest absolute Gasteiger partial charge is 0.480 e. The Labute approximate surface area is 125 Å². The molecule has 2 saturated heterocycles. The third-order valence-corrected chi connectivity index (χ3v) is 4.31. The van der Waals surface area contributed by atoms with E-state index in [0.29, 0.717) is 25.7 Å². The second-order valence-corrected chi connectivity index (χ2v) is 5.75. The molecule has 2 unspecified atom stereocenters. The number of carbonyl (C=O) groups is 2. The van der Waals surface area contributed by atoms with E-state index in [2.05, 4.69) is 10.2 Å². The van der Waals surface area contributed by atoms with Gasteiger partial charge >= 0.3 is 12.0 Å². The van der Waals surface area contributed by atoms with Crippen LogP contribution in [0.2, 0.25) is 0 Å². The molecule has 0 aromatic rings. The van der Waals surface area contributed by atoms with Gasteiger partial charge in [-0.2, -0.15) is 0 Å². The predicted molar refractivity (Wildman–Crippen MR) is 77.2 cm³/mol. The molecule has 2 heterocycles. The highest BCUT2D eigenvalue weighted by Gasteiger charge is 2.32.